The zero-order valence-electron chi connectivity index (χ0n) is 11.5. The van der Waals surface area contributed by atoms with E-state index in [0.29, 0.717) is 0 Å². The van der Waals surface area contributed by atoms with E-state index in [9.17, 15) is 19.8 Å². The highest BCUT2D eigenvalue weighted by atomic mass is 16.8. The lowest BCUT2D eigenvalue weighted by Gasteiger charge is -2.24. The number of ketones is 1. The van der Waals surface area contributed by atoms with Crippen LogP contribution in [0, 0.1) is 0 Å². The van der Waals surface area contributed by atoms with E-state index in [-0.39, 0.29) is 6.54 Å². The smallest absolute Gasteiger partial charge is 0.372 e. The number of carbonyl (C=O) groups is 2. The van der Waals surface area contributed by atoms with Crippen LogP contribution in [0.5, 0.6) is 0 Å². The number of nitrogens with zero attached hydrogens (tertiary/aromatic N) is 3. The number of ether oxygens (including phenoxy) is 2. The third-order valence-electron chi connectivity index (χ3n) is 2.89. The van der Waals surface area contributed by atoms with E-state index in [4.69, 9.17) is 20.1 Å². The van der Waals surface area contributed by atoms with Crippen molar-refractivity contribution in [3.05, 3.63) is 10.4 Å². The highest BCUT2D eigenvalue weighted by molar-refractivity contribution is 6.32. The summed E-state index contributed by atoms with van der Waals surface area (Å²) in [5.41, 5.74) is 8.23. The Bertz CT molecular complexity index is 461. The molecule has 10 nitrogen and oxygen atoms in total. The van der Waals surface area contributed by atoms with Crippen LogP contribution in [0.2, 0.25) is 0 Å². The van der Waals surface area contributed by atoms with Crippen molar-refractivity contribution in [3.8, 4) is 0 Å². The summed E-state index contributed by atoms with van der Waals surface area (Å²) >= 11 is 0. The summed E-state index contributed by atoms with van der Waals surface area (Å²) in [7, 11) is 0. The van der Waals surface area contributed by atoms with Crippen molar-refractivity contribution in [3.63, 3.8) is 0 Å². The molecule has 0 amide bonds. The minimum atomic E-state index is -1.67. The molecule has 0 aliphatic carbocycles. The predicted octanol–water partition coefficient (Wildman–Crippen LogP) is -0.418. The van der Waals surface area contributed by atoms with E-state index in [0.717, 1.165) is 0 Å². The minimum absolute atomic E-state index is 0.309. The van der Waals surface area contributed by atoms with Crippen molar-refractivity contribution in [2.45, 2.75) is 50.5 Å². The first-order valence-electron chi connectivity index (χ1n) is 6.16. The predicted molar refractivity (Wildman–Crippen MR) is 67.1 cm³/mol. The highest BCUT2D eigenvalue weighted by Gasteiger charge is 2.48. The molecule has 10 heteroatoms. The van der Waals surface area contributed by atoms with Crippen LogP contribution >= 0.6 is 0 Å². The molecule has 0 aromatic carbocycles. The van der Waals surface area contributed by atoms with Crippen molar-refractivity contribution >= 4 is 11.8 Å². The number of Topliss-reactive ketones (excluding diaryl/α,β-unsaturated/α-hetero) is 1. The monoisotopic (exact) mass is 303 g/mol. The number of carboxylic acids is 1. The number of carbonyl (C=O) groups excluding carboxylic acids is 1. The van der Waals surface area contributed by atoms with Gasteiger partial charge in [0.2, 0.25) is 5.78 Å². The molecule has 3 N–H and O–H groups in total. The lowest BCUT2D eigenvalue weighted by atomic mass is 9.99. The fourth-order valence-electron chi connectivity index (χ4n) is 2.03. The van der Waals surface area contributed by atoms with Crippen LogP contribution in [-0.2, 0) is 19.1 Å². The van der Waals surface area contributed by atoms with Crippen molar-refractivity contribution in [1.82, 2.24) is 0 Å². The molecule has 1 heterocycles. The molecule has 0 radical (unpaired) electrons. The van der Waals surface area contributed by atoms with Gasteiger partial charge in [-0.1, -0.05) is 5.11 Å². The molecule has 1 saturated heterocycles. The van der Waals surface area contributed by atoms with Gasteiger partial charge >= 0.3 is 5.97 Å². The van der Waals surface area contributed by atoms with Crippen molar-refractivity contribution in [1.29, 1.82) is 0 Å². The molecule has 0 aromatic rings. The quantitative estimate of drug-likeness (QED) is 0.249. The fourth-order valence-corrected chi connectivity index (χ4v) is 2.03. The first-order valence-corrected chi connectivity index (χ1v) is 6.16. The zero-order chi connectivity index (χ0) is 16.2. The number of rotatable bonds is 7. The Hall–Kier alpha value is -1.71. The van der Waals surface area contributed by atoms with E-state index in [2.05, 4.69) is 10.0 Å². The lowest BCUT2D eigenvalue weighted by Crippen LogP contribution is -2.44. The Labute approximate surface area is 119 Å². The average molecular weight is 303 g/mol. The van der Waals surface area contributed by atoms with E-state index in [1.54, 1.807) is 0 Å². The standard InChI is InChI=1S/C11H17N3O7/c1-11(2)20-8(5(15)3-6(16)10(18)19)9(21-11)7(17)4-13-14-12/h5,7-9,15,17H,3-4H2,1-2H3,(H,18,19)/t5-,7-,8-,9-/m1/s1. The van der Waals surface area contributed by atoms with Crippen LogP contribution in [-0.4, -0.2) is 63.8 Å². The number of carboxylic acid groups (broad SMARTS) is 1. The van der Waals surface area contributed by atoms with Gasteiger partial charge in [0.05, 0.1) is 18.8 Å². The third kappa shape index (κ3) is 4.66. The molecular weight excluding hydrogens is 286 g/mol. The van der Waals surface area contributed by atoms with Crippen LogP contribution in [0.15, 0.2) is 5.11 Å². The number of hydrogen-bond acceptors (Lipinski definition) is 7. The highest BCUT2D eigenvalue weighted by Crippen LogP contribution is 2.32. The second kappa shape index (κ2) is 6.83. The number of aliphatic carboxylic acids is 1. The van der Waals surface area contributed by atoms with Gasteiger partial charge in [0.1, 0.15) is 12.2 Å². The summed E-state index contributed by atoms with van der Waals surface area (Å²) in [4.78, 5) is 24.1. The largest absolute Gasteiger partial charge is 0.475 e. The maximum Gasteiger partial charge on any atom is 0.372 e. The van der Waals surface area contributed by atoms with Gasteiger partial charge in [0, 0.05) is 11.3 Å². The van der Waals surface area contributed by atoms with Gasteiger partial charge in [-0.2, -0.15) is 0 Å². The number of hydrogen-bond donors (Lipinski definition) is 3. The first kappa shape index (κ1) is 17.3. The molecule has 1 aliphatic rings. The zero-order valence-corrected chi connectivity index (χ0v) is 11.5. The van der Waals surface area contributed by atoms with Crippen LogP contribution < -0.4 is 0 Å². The van der Waals surface area contributed by atoms with E-state index in [1.807, 2.05) is 0 Å². The molecule has 4 atom stereocenters. The first-order chi connectivity index (χ1) is 9.68. The topological polar surface area (TPSA) is 162 Å². The van der Waals surface area contributed by atoms with E-state index >= 15 is 0 Å². The second-order valence-corrected chi connectivity index (χ2v) is 5.05. The number of azide groups is 1. The number of aliphatic hydroxyl groups excluding tert-OH is 2. The summed E-state index contributed by atoms with van der Waals surface area (Å²) in [5.74, 6) is -3.99. The molecule has 0 bridgehead atoms. The molecule has 0 unspecified atom stereocenters. The van der Waals surface area contributed by atoms with Crippen LogP contribution in [0.1, 0.15) is 20.3 Å². The minimum Gasteiger partial charge on any atom is -0.475 e. The van der Waals surface area contributed by atoms with Crippen molar-refractivity contribution in [2.24, 2.45) is 5.11 Å². The Morgan fingerprint density at radius 2 is 1.81 bits per heavy atom. The van der Waals surface area contributed by atoms with Crippen LogP contribution in [0.4, 0.5) is 0 Å². The van der Waals surface area contributed by atoms with Gasteiger partial charge in [0.25, 0.3) is 0 Å². The molecule has 1 rings (SSSR count). The molecule has 1 fully saturated rings. The SMILES string of the molecule is CC1(C)O[C@H]([C@H](O)CN=[N+]=[N-])[C@@H]([C@H](O)CC(=O)C(=O)O)O1. The molecule has 0 spiro atoms. The molecule has 118 valence electrons. The van der Waals surface area contributed by atoms with Crippen LogP contribution in [0.3, 0.4) is 0 Å². The maximum absolute atomic E-state index is 11.1. The van der Waals surface area contributed by atoms with Gasteiger partial charge in [-0.15, -0.1) is 0 Å². The molecular formula is C11H17N3O7. The van der Waals surface area contributed by atoms with Gasteiger partial charge < -0.3 is 24.8 Å². The fraction of sp³-hybridized carbons (Fsp3) is 0.818. The normalized spacial score (nSPS) is 26.7. The average Bonchev–Trinajstić information content (AvgIpc) is 2.72. The van der Waals surface area contributed by atoms with Gasteiger partial charge in [-0.05, 0) is 19.4 Å². The van der Waals surface area contributed by atoms with Gasteiger partial charge in [-0.25, -0.2) is 4.79 Å². The summed E-state index contributed by atoms with van der Waals surface area (Å²) in [6.07, 6.45) is -5.58. The Kier molecular flexibility index (Phi) is 5.64. The van der Waals surface area contributed by atoms with Crippen LogP contribution in [0.25, 0.3) is 10.4 Å². The van der Waals surface area contributed by atoms with E-state index in [1.165, 1.54) is 13.8 Å². The summed E-state index contributed by atoms with van der Waals surface area (Å²) in [6.45, 7) is 2.76. The third-order valence-corrected chi connectivity index (χ3v) is 2.89. The Balaban J connectivity index is 2.82. The van der Waals surface area contributed by atoms with Crippen molar-refractivity contribution < 1.29 is 34.4 Å². The summed E-state index contributed by atoms with van der Waals surface area (Å²) < 4.78 is 10.8. The Morgan fingerprint density at radius 3 is 2.29 bits per heavy atom. The maximum atomic E-state index is 11.1. The Morgan fingerprint density at radius 1 is 1.29 bits per heavy atom. The number of aliphatic hydroxyl groups is 2. The summed E-state index contributed by atoms with van der Waals surface area (Å²) in [6, 6.07) is 0. The summed E-state index contributed by atoms with van der Waals surface area (Å²) in [5, 5.41) is 31.6. The second-order valence-electron chi connectivity index (χ2n) is 5.05. The molecule has 1 aliphatic heterocycles. The lowest BCUT2D eigenvalue weighted by molar-refractivity contribution is -0.162. The van der Waals surface area contributed by atoms with E-state index < -0.39 is 48.4 Å². The van der Waals surface area contributed by atoms with Gasteiger partial charge in [0.15, 0.2) is 5.79 Å². The molecule has 21 heavy (non-hydrogen) atoms. The van der Waals surface area contributed by atoms with Gasteiger partial charge in [-0.3, -0.25) is 4.79 Å². The molecule has 0 aromatic heterocycles. The molecule has 0 saturated carbocycles. The van der Waals surface area contributed by atoms with Crippen molar-refractivity contribution in [2.75, 3.05) is 6.54 Å².